The molecule has 2 atom stereocenters. The molecule has 2 unspecified atom stereocenters. The Bertz CT molecular complexity index is 576. The zero-order chi connectivity index (χ0) is 18.6. The highest BCUT2D eigenvalue weighted by Gasteiger charge is 2.11. The van der Waals surface area contributed by atoms with Crippen molar-refractivity contribution in [1.29, 1.82) is 0 Å². The molecule has 1 heteroatoms. The molecule has 0 aliphatic heterocycles. The maximum absolute atomic E-state index is 3.65. The van der Waals surface area contributed by atoms with Crippen molar-refractivity contribution < 1.29 is 0 Å². The van der Waals surface area contributed by atoms with E-state index in [0.29, 0.717) is 0 Å². The zero-order valence-electron chi connectivity index (χ0n) is 17.0. The first-order chi connectivity index (χ1) is 12.6. The molecule has 0 fully saturated rings. The van der Waals surface area contributed by atoms with E-state index in [-0.39, 0.29) is 0 Å². The molecule has 1 N–H and O–H groups in total. The molecule has 0 aromatic heterocycles. The summed E-state index contributed by atoms with van der Waals surface area (Å²) in [4.78, 5) is 0. The second-order valence-electron chi connectivity index (χ2n) is 8.31. The number of rotatable bonds is 12. The largest absolute Gasteiger partial charge is 0.385 e. The van der Waals surface area contributed by atoms with Gasteiger partial charge in [-0.3, -0.25) is 0 Å². The van der Waals surface area contributed by atoms with Gasteiger partial charge in [0, 0.05) is 12.2 Å². The quantitative estimate of drug-likeness (QED) is 0.426. The molecule has 0 saturated heterocycles. The summed E-state index contributed by atoms with van der Waals surface area (Å²) in [5, 5.41) is 3.65. The third-order valence-corrected chi connectivity index (χ3v) is 5.26. The first-order valence-electron chi connectivity index (χ1n) is 10.5. The van der Waals surface area contributed by atoms with Crippen LogP contribution in [0.1, 0.15) is 58.4 Å². The van der Waals surface area contributed by atoms with Crippen LogP contribution in [-0.2, 0) is 6.42 Å². The molecule has 0 radical (unpaired) electrons. The highest BCUT2D eigenvalue weighted by atomic mass is 14.9. The third-order valence-electron chi connectivity index (χ3n) is 5.26. The van der Waals surface area contributed by atoms with Crippen LogP contribution in [0.4, 0.5) is 5.69 Å². The molecule has 2 aromatic rings. The van der Waals surface area contributed by atoms with Crippen LogP contribution in [0.3, 0.4) is 0 Å². The molecule has 26 heavy (non-hydrogen) atoms. The summed E-state index contributed by atoms with van der Waals surface area (Å²) in [6, 6.07) is 21.6. The lowest BCUT2D eigenvalue weighted by atomic mass is 9.90. The van der Waals surface area contributed by atoms with Crippen LogP contribution in [0.2, 0.25) is 0 Å². The Morgan fingerprint density at radius 3 is 2.04 bits per heavy atom. The summed E-state index contributed by atoms with van der Waals surface area (Å²) < 4.78 is 0. The van der Waals surface area contributed by atoms with Gasteiger partial charge in [-0.1, -0.05) is 88.6 Å². The Kier molecular flexibility index (Phi) is 9.31. The van der Waals surface area contributed by atoms with Crippen molar-refractivity contribution in [2.75, 3.05) is 11.9 Å². The van der Waals surface area contributed by atoms with E-state index in [1.54, 1.807) is 0 Å². The molecule has 0 aliphatic carbocycles. The molecular weight excluding hydrogens is 314 g/mol. The second kappa shape index (κ2) is 11.8. The Morgan fingerprint density at radius 1 is 0.731 bits per heavy atom. The minimum absolute atomic E-state index is 0.769. The van der Waals surface area contributed by atoms with Gasteiger partial charge in [0.05, 0.1) is 0 Å². The average Bonchev–Trinajstić information content (AvgIpc) is 2.65. The molecule has 2 aromatic carbocycles. The summed E-state index contributed by atoms with van der Waals surface area (Å²) in [7, 11) is 0. The van der Waals surface area contributed by atoms with Crippen LogP contribution in [0, 0.1) is 17.8 Å². The summed E-state index contributed by atoms with van der Waals surface area (Å²) in [6.45, 7) is 8.18. The highest BCUT2D eigenvalue weighted by Crippen LogP contribution is 2.22. The first kappa shape index (κ1) is 20.6. The van der Waals surface area contributed by atoms with Crippen LogP contribution in [0.15, 0.2) is 60.7 Å². The molecule has 0 heterocycles. The maximum atomic E-state index is 3.65. The topological polar surface area (TPSA) is 12.0 Å². The molecule has 1 nitrogen and oxygen atoms in total. The molecule has 0 amide bonds. The van der Waals surface area contributed by atoms with Crippen LogP contribution < -0.4 is 5.32 Å². The minimum Gasteiger partial charge on any atom is -0.385 e. The van der Waals surface area contributed by atoms with Crippen molar-refractivity contribution in [3.8, 4) is 0 Å². The monoisotopic (exact) mass is 351 g/mol. The summed E-state index contributed by atoms with van der Waals surface area (Å²) in [5.41, 5.74) is 2.72. The van der Waals surface area contributed by atoms with Gasteiger partial charge in [0.1, 0.15) is 0 Å². The van der Waals surface area contributed by atoms with Gasteiger partial charge < -0.3 is 5.32 Å². The highest BCUT2D eigenvalue weighted by molar-refractivity contribution is 5.42. The Balaban J connectivity index is 1.74. The van der Waals surface area contributed by atoms with Crippen molar-refractivity contribution in [2.24, 2.45) is 17.8 Å². The number of para-hydroxylation sites is 1. The van der Waals surface area contributed by atoms with Crippen molar-refractivity contribution in [3.05, 3.63) is 66.2 Å². The van der Waals surface area contributed by atoms with E-state index >= 15 is 0 Å². The number of hydrogen-bond donors (Lipinski definition) is 1. The third kappa shape index (κ3) is 8.56. The van der Waals surface area contributed by atoms with Crippen LogP contribution in [0.25, 0.3) is 0 Å². The van der Waals surface area contributed by atoms with E-state index in [0.717, 1.165) is 24.3 Å². The van der Waals surface area contributed by atoms with Gasteiger partial charge in [-0.05, 0) is 54.7 Å². The molecule has 2 rings (SSSR count). The molecule has 142 valence electrons. The van der Waals surface area contributed by atoms with Gasteiger partial charge >= 0.3 is 0 Å². The fraction of sp³-hybridized carbons (Fsp3) is 0.520. The van der Waals surface area contributed by atoms with Gasteiger partial charge in [-0.15, -0.1) is 0 Å². The number of nitrogens with one attached hydrogen (secondary N) is 1. The van der Waals surface area contributed by atoms with Crippen molar-refractivity contribution >= 4 is 5.69 Å². The van der Waals surface area contributed by atoms with E-state index in [2.05, 4.69) is 86.8 Å². The molecule has 0 aliphatic rings. The molecule has 0 spiro atoms. The van der Waals surface area contributed by atoms with Crippen LogP contribution in [-0.4, -0.2) is 6.54 Å². The average molecular weight is 352 g/mol. The standard InChI is InChI=1S/C25H37N/c1-21(2)17-18-24(20-26-25-15-8-5-9-16-25)14-10-11-22(3)19-23-12-6-4-7-13-23/h4-9,12-13,15-16,21-22,24,26H,10-11,14,17-20H2,1-3H3. The summed E-state index contributed by atoms with van der Waals surface area (Å²) >= 11 is 0. The van der Waals surface area contributed by atoms with E-state index in [4.69, 9.17) is 0 Å². The number of benzene rings is 2. The summed E-state index contributed by atoms with van der Waals surface area (Å²) in [5.74, 6) is 2.35. The predicted molar refractivity (Wildman–Crippen MR) is 116 cm³/mol. The van der Waals surface area contributed by atoms with Gasteiger partial charge in [-0.25, -0.2) is 0 Å². The predicted octanol–water partition coefficient (Wildman–Crippen LogP) is 7.20. The Hall–Kier alpha value is -1.76. The lowest BCUT2D eigenvalue weighted by Crippen LogP contribution is -2.16. The van der Waals surface area contributed by atoms with Crippen LogP contribution >= 0.6 is 0 Å². The molecule has 0 bridgehead atoms. The normalized spacial score (nSPS) is 13.5. The fourth-order valence-electron chi connectivity index (χ4n) is 3.61. The van der Waals surface area contributed by atoms with E-state index in [1.165, 1.54) is 49.8 Å². The molecular formula is C25H37N. The number of hydrogen-bond acceptors (Lipinski definition) is 1. The van der Waals surface area contributed by atoms with Gasteiger partial charge in [0.2, 0.25) is 0 Å². The molecule has 0 saturated carbocycles. The lowest BCUT2D eigenvalue weighted by Gasteiger charge is -2.20. The van der Waals surface area contributed by atoms with Gasteiger partial charge in [-0.2, -0.15) is 0 Å². The lowest BCUT2D eigenvalue weighted by molar-refractivity contribution is 0.383. The maximum Gasteiger partial charge on any atom is 0.0340 e. The van der Waals surface area contributed by atoms with E-state index in [9.17, 15) is 0 Å². The van der Waals surface area contributed by atoms with Gasteiger partial charge in [0.15, 0.2) is 0 Å². The smallest absolute Gasteiger partial charge is 0.0340 e. The van der Waals surface area contributed by atoms with Gasteiger partial charge in [0.25, 0.3) is 0 Å². The van der Waals surface area contributed by atoms with E-state index < -0.39 is 0 Å². The zero-order valence-corrected chi connectivity index (χ0v) is 17.0. The fourth-order valence-corrected chi connectivity index (χ4v) is 3.61. The Labute approximate surface area is 161 Å². The van der Waals surface area contributed by atoms with Crippen molar-refractivity contribution in [1.82, 2.24) is 0 Å². The van der Waals surface area contributed by atoms with E-state index in [1.807, 2.05) is 0 Å². The van der Waals surface area contributed by atoms with Crippen molar-refractivity contribution in [2.45, 2.75) is 59.3 Å². The first-order valence-corrected chi connectivity index (χ1v) is 10.5. The minimum atomic E-state index is 0.769. The second-order valence-corrected chi connectivity index (χ2v) is 8.31. The summed E-state index contributed by atoms with van der Waals surface area (Å²) in [6.07, 6.45) is 7.89. The van der Waals surface area contributed by atoms with Crippen LogP contribution in [0.5, 0.6) is 0 Å². The van der Waals surface area contributed by atoms with Crippen molar-refractivity contribution in [3.63, 3.8) is 0 Å². The Morgan fingerprint density at radius 2 is 1.38 bits per heavy atom. The number of anilines is 1. The SMILES string of the molecule is CC(C)CCC(CCCC(C)Cc1ccccc1)CNc1ccccc1.